The maximum Gasteiger partial charge on any atom is 0.312 e. The summed E-state index contributed by atoms with van der Waals surface area (Å²) in [6, 6.07) is 11.1. The largest absolute Gasteiger partial charge is 0.492 e. The summed E-state index contributed by atoms with van der Waals surface area (Å²) in [5, 5.41) is 15.9. The Kier molecular flexibility index (Phi) is 6.43. The molecule has 0 bridgehead atoms. The van der Waals surface area contributed by atoms with Crippen LogP contribution in [-0.2, 0) is 11.2 Å². The van der Waals surface area contributed by atoms with E-state index in [4.69, 9.17) is 14.6 Å². The van der Waals surface area contributed by atoms with Crippen molar-refractivity contribution in [1.82, 2.24) is 20.2 Å². The van der Waals surface area contributed by atoms with E-state index in [9.17, 15) is 4.79 Å². The van der Waals surface area contributed by atoms with Gasteiger partial charge in [0.05, 0.1) is 29.6 Å². The van der Waals surface area contributed by atoms with Gasteiger partial charge in [-0.2, -0.15) is 5.10 Å². The van der Waals surface area contributed by atoms with Gasteiger partial charge in [0.25, 0.3) is 0 Å². The van der Waals surface area contributed by atoms with Gasteiger partial charge in [0, 0.05) is 18.0 Å². The number of ether oxygens (including phenoxy) is 2. The smallest absolute Gasteiger partial charge is 0.312 e. The third kappa shape index (κ3) is 5.78. The summed E-state index contributed by atoms with van der Waals surface area (Å²) < 4.78 is 11.3. The normalized spacial score (nSPS) is 11.2. The summed E-state index contributed by atoms with van der Waals surface area (Å²) in [5.41, 5.74) is 1.57. The Labute approximate surface area is 168 Å². The Morgan fingerprint density at radius 1 is 1.17 bits per heavy atom. The molecule has 0 saturated heterocycles. The quantitative estimate of drug-likeness (QED) is 0.506. The Bertz CT molecular complexity index is 924. The first-order chi connectivity index (χ1) is 13.9. The topological polar surface area (TPSA) is 110 Å². The first kappa shape index (κ1) is 20.3. The summed E-state index contributed by atoms with van der Waals surface area (Å²) in [6.07, 6.45) is 4.87. The third-order valence-electron chi connectivity index (χ3n) is 4.30. The number of hydrogen-bond donors (Lipinski definition) is 2. The van der Waals surface area contributed by atoms with Gasteiger partial charge >= 0.3 is 5.97 Å². The van der Waals surface area contributed by atoms with E-state index in [1.807, 2.05) is 30.3 Å². The van der Waals surface area contributed by atoms with Crippen molar-refractivity contribution in [2.45, 2.75) is 26.7 Å². The zero-order valence-electron chi connectivity index (χ0n) is 16.5. The molecule has 0 aliphatic rings. The molecule has 3 rings (SSSR count). The van der Waals surface area contributed by atoms with Crippen molar-refractivity contribution >= 4 is 5.97 Å². The molecule has 8 heteroatoms. The minimum atomic E-state index is -0.966. The van der Waals surface area contributed by atoms with Crippen molar-refractivity contribution in [3.05, 3.63) is 54.5 Å². The van der Waals surface area contributed by atoms with Crippen molar-refractivity contribution in [2.24, 2.45) is 5.41 Å². The van der Waals surface area contributed by atoms with Gasteiger partial charge in [-0.15, -0.1) is 0 Å². The molecule has 8 nitrogen and oxygen atoms in total. The molecule has 3 aromatic heterocycles. The molecule has 0 radical (unpaired) electrons. The lowest BCUT2D eigenvalue weighted by Crippen LogP contribution is -2.30. The lowest BCUT2D eigenvalue weighted by molar-refractivity contribution is -0.148. The minimum Gasteiger partial charge on any atom is -0.492 e. The highest BCUT2D eigenvalue weighted by atomic mass is 16.5. The summed E-state index contributed by atoms with van der Waals surface area (Å²) in [6.45, 7) is 3.83. The molecule has 0 aliphatic carbocycles. The van der Waals surface area contributed by atoms with Crippen molar-refractivity contribution in [1.29, 1.82) is 0 Å². The van der Waals surface area contributed by atoms with E-state index in [2.05, 4.69) is 20.2 Å². The number of carboxylic acid groups (broad SMARTS) is 1. The van der Waals surface area contributed by atoms with Gasteiger partial charge in [0.2, 0.25) is 5.88 Å². The number of aryl methyl sites for hydroxylation is 1. The van der Waals surface area contributed by atoms with Crippen LogP contribution in [-0.4, -0.2) is 44.5 Å². The van der Waals surface area contributed by atoms with E-state index >= 15 is 0 Å². The van der Waals surface area contributed by atoms with Gasteiger partial charge in [-0.1, -0.05) is 6.07 Å². The molecule has 0 aromatic carbocycles. The number of nitrogens with one attached hydrogen (secondary N) is 1. The lowest BCUT2D eigenvalue weighted by atomic mass is 9.95. The van der Waals surface area contributed by atoms with Crippen LogP contribution in [0, 0.1) is 5.41 Å². The average molecular weight is 396 g/mol. The van der Waals surface area contributed by atoms with Gasteiger partial charge in [-0.25, -0.2) is 4.98 Å². The van der Waals surface area contributed by atoms with Gasteiger partial charge in [0.15, 0.2) is 0 Å². The van der Waals surface area contributed by atoms with Crippen LogP contribution in [0.3, 0.4) is 0 Å². The van der Waals surface area contributed by atoms with Gasteiger partial charge < -0.3 is 14.6 Å². The van der Waals surface area contributed by atoms with E-state index in [1.54, 1.807) is 32.3 Å². The van der Waals surface area contributed by atoms with E-state index in [0.29, 0.717) is 18.2 Å². The molecule has 29 heavy (non-hydrogen) atoms. The molecule has 0 saturated carbocycles. The third-order valence-corrected chi connectivity index (χ3v) is 4.30. The maximum absolute atomic E-state index is 11.2. The Balaban J connectivity index is 1.44. The van der Waals surface area contributed by atoms with Crippen molar-refractivity contribution in [3.63, 3.8) is 0 Å². The van der Waals surface area contributed by atoms with Crippen LogP contribution in [0.25, 0.3) is 11.4 Å². The molecular weight excluding hydrogens is 372 g/mol. The second-order valence-electron chi connectivity index (χ2n) is 7.25. The zero-order valence-corrected chi connectivity index (χ0v) is 16.5. The van der Waals surface area contributed by atoms with E-state index in [-0.39, 0.29) is 6.61 Å². The number of rotatable bonds is 10. The van der Waals surface area contributed by atoms with E-state index in [1.165, 1.54) is 0 Å². The van der Waals surface area contributed by atoms with Crippen LogP contribution in [0.4, 0.5) is 0 Å². The Morgan fingerprint density at radius 2 is 2.03 bits per heavy atom. The highest BCUT2D eigenvalue weighted by molar-refractivity contribution is 5.73. The highest BCUT2D eigenvalue weighted by Gasteiger charge is 2.28. The SMILES string of the molecule is CC(C)(COc1cccc(CCCOc2ccc(-c3ccn[nH]3)nc2)n1)C(=O)O. The number of pyridine rings is 2. The Morgan fingerprint density at radius 3 is 2.72 bits per heavy atom. The highest BCUT2D eigenvalue weighted by Crippen LogP contribution is 2.19. The van der Waals surface area contributed by atoms with Crippen LogP contribution in [0.1, 0.15) is 26.0 Å². The number of carboxylic acids is 1. The first-order valence-electron chi connectivity index (χ1n) is 9.35. The fourth-order valence-corrected chi connectivity index (χ4v) is 2.46. The predicted octanol–water partition coefficient (Wildman–Crippen LogP) is 3.37. The van der Waals surface area contributed by atoms with Crippen molar-refractivity contribution in [3.8, 4) is 23.0 Å². The first-order valence-corrected chi connectivity index (χ1v) is 9.35. The maximum atomic E-state index is 11.2. The number of aromatic nitrogens is 4. The molecule has 0 unspecified atom stereocenters. The van der Waals surface area contributed by atoms with Crippen LogP contribution >= 0.6 is 0 Å². The van der Waals surface area contributed by atoms with Crippen LogP contribution in [0.5, 0.6) is 11.6 Å². The van der Waals surface area contributed by atoms with Gasteiger partial charge in [-0.3, -0.25) is 14.9 Å². The second-order valence-corrected chi connectivity index (χ2v) is 7.25. The van der Waals surface area contributed by atoms with Crippen LogP contribution in [0.2, 0.25) is 0 Å². The van der Waals surface area contributed by atoms with Gasteiger partial charge in [0.1, 0.15) is 12.4 Å². The summed E-state index contributed by atoms with van der Waals surface area (Å²) in [5.74, 6) is 0.225. The van der Waals surface area contributed by atoms with Gasteiger partial charge in [-0.05, 0) is 51.0 Å². The monoisotopic (exact) mass is 396 g/mol. The molecular formula is C21H24N4O4. The molecule has 0 fully saturated rings. The minimum absolute atomic E-state index is 0.0590. The lowest BCUT2D eigenvalue weighted by Gasteiger charge is -2.19. The molecule has 152 valence electrons. The molecule has 3 aromatic rings. The van der Waals surface area contributed by atoms with E-state index in [0.717, 1.165) is 29.9 Å². The summed E-state index contributed by atoms with van der Waals surface area (Å²) in [4.78, 5) is 19.9. The number of carbonyl (C=O) groups is 1. The average Bonchev–Trinajstić information content (AvgIpc) is 3.25. The van der Waals surface area contributed by atoms with Crippen LogP contribution in [0.15, 0.2) is 48.8 Å². The molecule has 0 amide bonds. The number of aliphatic carboxylic acids is 1. The number of nitrogens with zero attached hydrogens (tertiary/aromatic N) is 3. The second kappa shape index (κ2) is 9.18. The van der Waals surface area contributed by atoms with Crippen molar-refractivity contribution in [2.75, 3.05) is 13.2 Å². The fraction of sp³-hybridized carbons (Fsp3) is 0.333. The molecule has 0 aliphatic heterocycles. The number of aromatic amines is 1. The predicted molar refractivity (Wildman–Crippen MR) is 107 cm³/mol. The Hall–Kier alpha value is -3.42. The number of hydrogen-bond acceptors (Lipinski definition) is 6. The fourth-order valence-electron chi connectivity index (χ4n) is 2.46. The molecule has 3 heterocycles. The molecule has 0 spiro atoms. The summed E-state index contributed by atoms with van der Waals surface area (Å²) >= 11 is 0. The summed E-state index contributed by atoms with van der Waals surface area (Å²) in [7, 11) is 0. The number of H-pyrrole nitrogens is 1. The molecule has 0 atom stereocenters. The zero-order chi connectivity index (χ0) is 20.7. The van der Waals surface area contributed by atoms with E-state index < -0.39 is 11.4 Å². The van der Waals surface area contributed by atoms with Crippen LogP contribution < -0.4 is 9.47 Å². The molecule has 2 N–H and O–H groups in total. The standard InChI is InChI=1S/C21H24N4O4/c1-21(2,20(26)27)14-29-19-7-3-5-15(24-19)6-4-12-28-16-8-9-17(22-13-16)18-10-11-23-25-18/h3,5,7-11,13H,4,6,12,14H2,1-2H3,(H,23,25)(H,26,27). The van der Waals surface area contributed by atoms with Crippen molar-refractivity contribution < 1.29 is 19.4 Å².